The zero-order valence-corrected chi connectivity index (χ0v) is 11.3. The van der Waals surface area contributed by atoms with Crippen molar-refractivity contribution in [2.24, 2.45) is 5.73 Å². The number of pyridine rings is 1. The average molecular weight is 277 g/mol. The van der Waals surface area contributed by atoms with E-state index in [4.69, 9.17) is 5.73 Å². The molecule has 20 heavy (non-hydrogen) atoms. The highest BCUT2D eigenvalue weighted by molar-refractivity contribution is 5.51. The first-order valence-electron chi connectivity index (χ1n) is 6.48. The number of halogens is 2. The van der Waals surface area contributed by atoms with E-state index in [0.29, 0.717) is 18.7 Å². The van der Waals surface area contributed by atoms with Crippen LogP contribution in [0.15, 0.2) is 36.5 Å². The normalized spacial score (nSPS) is 10.6. The fraction of sp³-hybridized carbons (Fsp3) is 0.267. The first-order valence-corrected chi connectivity index (χ1v) is 6.48. The SMILES string of the molecule is CCN(Cc1ccccn1)c1c(F)cc(CN)cc1F. The van der Waals surface area contributed by atoms with Crippen molar-refractivity contribution in [1.29, 1.82) is 0 Å². The Morgan fingerprint density at radius 1 is 1.20 bits per heavy atom. The monoisotopic (exact) mass is 277 g/mol. The van der Waals surface area contributed by atoms with Gasteiger partial charge in [-0.1, -0.05) is 6.07 Å². The van der Waals surface area contributed by atoms with E-state index in [1.54, 1.807) is 17.2 Å². The lowest BCUT2D eigenvalue weighted by atomic mass is 10.1. The highest BCUT2D eigenvalue weighted by Crippen LogP contribution is 2.26. The second kappa shape index (κ2) is 6.43. The predicted molar refractivity (Wildman–Crippen MR) is 75.2 cm³/mol. The minimum absolute atomic E-state index is 0.0321. The quantitative estimate of drug-likeness (QED) is 0.913. The molecule has 5 heteroatoms. The fourth-order valence-electron chi connectivity index (χ4n) is 2.07. The van der Waals surface area contributed by atoms with Gasteiger partial charge in [0.1, 0.15) is 17.3 Å². The number of nitrogens with two attached hydrogens (primary N) is 1. The Morgan fingerprint density at radius 3 is 2.40 bits per heavy atom. The van der Waals surface area contributed by atoms with Gasteiger partial charge in [-0.2, -0.15) is 0 Å². The summed E-state index contributed by atoms with van der Waals surface area (Å²) in [5.41, 5.74) is 6.58. The van der Waals surface area contributed by atoms with E-state index in [1.165, 1.54) is 12.1 Å². The fourth-order valence-corrected chi connectivity index (χ4v) is 2.07. The van der Waals surface area contributed by atoms with Crippen molar-refractivity contribution in [1.82, 2.24) is 4.98 Å². The van der Waals surface area contributed by atoms with Gasteiger partial charge in [0, 0.05) is 19.3 Å². The molecule has 106 valence electrons. The van der Waals surface area contributed by atoms with Gasteiger partial charge in [-0.15, -0.1) is 0 Å². The number of nitrogens with zero attached hydrogens (tertiary/aromatic N) is 2. The van der Waals surface area contributed by atoms with Crippen molar-refractivity contribution in [2.45, 2.75) is 20.0 Å². The Balaban J connectivity index is 2.32. The Morgan fingerprint density at radius 2 is 1.90 bits per heavy atom. The molecule has 0 radical (unpaired) electrons. The molecule has 2 aromatic rings. The summed E-state index contributed by atoms with van der Waals surface area (Å²) in [7, 11) is 0. The Hall–Kier alpha value is -2.01. The van der Waals surface area contributed by atoms with Crippen LogP contribution in [0.3, 0.4) is 0 Å². The third kappa shape index (κ3) is 3.11. The maximum atomic E-state index is 14.1. The summed E-state index contributed by atoms with van der Waals surface area (Å²) in [6.07, 6.45) is 1.66. The summed E-state index contributed by atoms with van der Waals surface area (Å²) in [5.74, 6) is -1.19. The molecule has 2 N–H and O–H groups in total. The van der Waals surface area contributed by atoms with Crippen molar-refractivity contribution >= 4 is 5.69 Å². The first kappa shape index (κ1) is 14.4. The molecule has 1 aromatic carbocycles. The van der Waals surface area contributed by atoms with Crippen LogP contribution in [0.5, 0.6) is 0 Å². The lowest BCUT2D eigenvalue weighted by molar-refractivity contribution is 0.567. The van der Waals surface area contributed by atoms with Crippen LogP contribution in [0.25, 0.3) is 0 Å². The van der Waals surface area contributed by atoms with E-state index in [-0.39, 0.29) is 12.2 Å². The largest absolute Gasteiger partial charge is 0.361 e. The van der Waals surface area contributed by atoms with Crippen LogP contribution in [0.4, 0.5) is 14.5 Å². The van der Waals surface area contributed by atoms with Gasteiger partial charge in [0.15, 0.2) is 0 Å². The van der Waals surface area contributed by atoms with Crippen LogP contribution in [-0.2, 0) is 13.1 Å². The van der Waals surface area contributed by atoms with Gasteiger partial charge in [0.2, 0.25) is 0 Å². The average Bonchev–Trinajstić information content (AvgIpc) is 2.46. The van der Waals surface area contributed by atoms with Crippen LogP contribution in [-0.4, -0.2) is 11.5 Å². The van der Waals surface area contributed by atoms with Gasteiger partial charge < -0.3 is 10.6 Å². The maximum Gasteiger partial charge on any atom is 0.149 e. The number of aromatic nitrogens is 1. The molecule has 1 aromatic heterocycles. The molecule has 0 saturated heterocycles. The third-order valence-corrected chi connectivity index (χ3v) is 3.09. The van der Waals surface area contributed by atoms with E-state index in [9.17, 15) is 8.78 Å². The smallest absolute Gasteiger partial charge is 0.149 e. The van der Waals surface area contributed by atoms with Crippen LogP contribution in [0.1, 0.15) is 18.2 Å². The molecule has 1 heterocycles. The van der Waals surface area contributed by atoms with Gasteiger partial charge in [-0.05, 0) is 36.8 Å². The van der Waals surface area contributed by atoms with Crippen LogP contribution >= 0.6 is 0 Å². The van der Waals surface area contributed by atoms with E-state index in [2.05, 4.69) is 4.98 Å². The minimum Gasteiger partial charge on any atom is -0.361 e. The van der Waals surface area contributed by atoms with Crippen LogP contribution in [0.2, 0.25) is 0 Å². The van der Waals surface area contributed by atoms with Gasteiger partial charge in [-0.3, -0.25) is 4.98 Å². The molecule has 3 nitrogen and oxygen atoms in total. The van der Waals surface area contributed by atoms with Crippen molar-refractivity contribution in [3.8, 4) is 0 Å². The van der Waals surface area contributed by atoms with Gasteiger partial charge in [-0.25, -0.2) is 8.78 Å². The van der Waals surface area contributed by atoms with E-state index in [0.717, 1.165) is 5.69 Å². The first-order chi connectivity index (χ1) is 9.65. The Kier molecular flexibility index (Phi) is 4.63. The molecule has 0 spiro atoms. The molecule has 0 unspecified atom stereocenters. The lowest BCUT2D eigenvalue weighted by Gasteiger charge is -2.24. The van der Waals surface area contributed by atoms with Gasteiger partial charge >= 0.3 is 0 Å². The molecule has 0 aliphatic heterocycles. The summed E-state index contributed by atoms with van der Waals surface area (Å²) >= 11 is 0. The van der Waals surface area contributed by atoms with Crippen molar-refractivity contribution in [3.63, 3.8) is 0 Å². The molecule has 0 fully saturated rings. The van der Waals surface area contributed by atoms with E-state index >= 15 is 0 Å². The Labute approximate surface area is 117 Å². The van der Waals surface area contributed by atoms with Crippen molar-refractivity contribution < 1.29 is 8.78 Å². The van der Waals surface area contributed by atoms with Gasteiger partial charge in [0.05, 0.1) is 12.2 Å². The van der Waals surface area contributed by atoms with E-state index < -0.39 is 11.6 Å². The summed E-state index contributed by atoms with van der Waals surface area (Å²) in [4.78, 5) is 5.80. The highest BCUT2D eigenvalue weighted by Gasteiger charge is 2.17. The summed E-state index contributed by atoms with van der Waals surface area (Å²) < 4.78 is 28.2. The zero-order chi connectivity index (χ0) is 14.5. The number of hydrogen-bond acceptors (Lipinski definition) is 3. The van der Waals surface area contributed by atoms with Crippen molar-refractivity contribution in [2.75, 3.05) is 11.4 Å². The second-order valence-corrected chi connectivity index (χ2v) is 4.45. The summed E-state index contributed by atoms with van der Waals surface area (Å²) in [5, 5.41) is 0. The maximum absolute atomic E-state index is 14.1. The number of anilines is 1. The van der Waals surface area contributed by atoms with Crippen LogP contribution in [0, 0.1) is 11.6 Å². The second-order valence-electron chi connectivity index (χ2n) is 4.45. The highest BCUT2D eigenvalue weighted by atomic mass is 19.1. The molecule has 2 rings (SSSR count). The number of hydrogen-bond donors (Lipinski definition) is 1. The Bertz CT molecular complexity index is 550. The lowest BCUT2D eigenvalue weighted by Crippen LogP contribution is -2.25. The molecule has 0 bridgehead atoms. The number of rotatable bonds is 5. The van der Waals surface area contributed by atoms with Gasteiger partial charge in [0.25, 0.3) is 0 Å². The van der Waals surface area contributed by atoms with E-state index in [1.807, 2.05) is 19.1 Å². The topological polar surface area (TPSA) is 42.2 Å². The van der Waals surface area contributed by atoms with Crippen molar-refractivity contribution in [3.05, 3.63) is 59.4 Å². The minimum atomic E-state index is -0.594. The third-order valence-electron chi connectivity index (χ3n) is 3.09. The molecule has 0 aliphatic carbocycles. The molecule has 0 atom stereocenters. The summed E-state index contributed by atoms with van der Waals surface area (Å²) in [6.45, 7) is 2.79. The predicted octanol–water partition coefficient (Wildman–Crippen LogP) is 2.85. The molecule has 0 amide bonds. The zero-order valence-electron chi connectivity index (χ0n) is 11.3. The molecular weight excluding hydrogens is 260 g/mol. The van der Waals surface area contributed by atoms with Crippen LogP contribution < -0.4 is 10.6 Å². The molecular formula is C15H17F2N3. The summed E-state index contributed by atoms with van der Waals surface area (Å²) in [6, 6.07) is 8.03. The standard InChI is InChI=1S/C15H17F2N3/c1-2-20(10-12-5-3-4-6-19-12)15-13(16)7-11(9-18)8-14(15)17/h3-8H,2,9-10,18H2,1H3. The molecule has 0 aliphatic rings. The number of benzene rings is 1. The molecule has 0 saturated carbocycles.